The van der Waals surface area contributed by atoms with E-state index in [0.29, 0.717) is 24.9 Å². The van der Waals surface area contributed by atoms with Crippen molar-refractivity contribution in [1.82, 2.24) is 10.3 Å². The van der Waals surface area contributed by atoms with Crippen molar-refractivity contribution >= 4 is 16.5 Å². The molecule has 2 saturated heterocycles. The fourth-order valence-corrected chi connectivity index (χ4v) is 3.99. The van der Waals surface area contributed by atoms with E-state index in [0.717, 1.165) is 30.5 Å². The fraction of sp³-hybridized carbons (Fsp3) is 0.800. The molecule has 1 aromatic rings. The van der Waals surface area contributed by atoms with E-state index in [2.05, 4.69) is 24.1 Å². The highest BCUT2D eigenvalue weighted by atomic mass is 32.1. The molecule has 0 aromatic carbocycles. The van der Waals surface area contributed by atoms with Crippen molar-refractivity contribution in [3.8, 4) is 0 Å². The van der Waals surface area contributed by atoms with Crippen molar-refractivity contribution in [2.45, 2.75) is 58.1 Å². The first-order chi connectivity index (χ1) is 10.2. The fourth-order valence-electron chi connectivity index (χ4n) is 2.96. The van der Waals surface area contributed by atoms with Crippen molar-refractivity contribution in [3.63, 3.8) is 0 Å². The van der Waals surface area contributed by atoms with Crippen LogP contribution in [-0.2, 0) is 22.6 Å². The average molecular weight is 311 g/mol. The third kappa shape index (κ3) is 3.56. The number of fused-ring (bicyclic) bond motifs is 2. The number of rotatable bonds is 6. The van der Waals surface area contributed by atoms with Gasteiger partial charge in [-0.2, -0.15) is 0 Å². The minimum absolute atomic E-state index is 0.399. The summed E-state index contributed by atoms with van der Waals surface area (Å²) in [5, 5.41) is 4.61. The van der Waals surface area contributed by atoms with Crippen LogP contribution in [0.25, 0.3) is 0 Å². The smallest absolute Gasteiger partial charge is 0.186 e. The van der Waals surface area contributed by atoms with Gasteiger partial charge in [-0.25, -0.2) is 4.98 Å². The van der Waals surface area contributed by atoms with E-state index in [1.807, 2.05) is 0 Å². The zero-order valence-corrected chi connectivity index (χ0v) is 13.9. The first-order valence-electron chi connectivity index (χ1n) is 7.77. The summed E-state index contributed by atoms with van der Waals surface area (Å²) in [7, 11) is 1.73. The van der Waals surface area contributed by atoms with Crippen molar-refractivity contribution in [3.05, 3.63) is 10.6 Å². The number of hydrogen-bond acceptors (Lipinski definition) is 6. The standard InChI is InChI=1S/C15H25N3O2S/c1-10(2)16-6-14-13(9-19-3)17-15(21-14)18-7-11-4-5-12(8-18)20-11/h10-12,16H,4-9H2,1-3H3. The number of morpholine rings is 1. The summed E-state index contributed by atoms with van der Waals surface area (Å²) in [5.74, 6) is 0. The third-order valence-corrected chi connectivity index (χ3v) is 5.19. The van der Waals surface area contributed by atoms with Crippen molar-refractivity contribution in [2.24, 2.45) is 0 Å². The van der Waals surface area contributed by atoms with Crippen LogP contribution in [0.15, 0.2) is 0 Å². The van der Waals surface area contributed by atoms with Crippen molar-refractivity contribution in [1.29, 1.82) is 0 Å². The Morgan fingerprint density at radius 3 is 2.71 bits per heavy atom. The molecule has 118 valence electrons. The average Bonchev–Trinajstić information content (AvgIpc) is 3.00. The van der Waals surface area contributed by atoms with Crippen LogP contribution in [0.2, 0.25) is 0 Å². The van der Waals surface area contributed by atoms with Crippen LogP contribution < -0.4 is 10.2 Å². The molecular weight excluding hydrogens is 286 g/mol. The number of nitrogens with zero attached hydrogens (tertiary/aromatic N) is 2. The van der Waals surface area contributed by atoms with Crippen molar-refractivity contribution in [2.75, 3.05) is 25.1 Å². The van der Waals surface area contributed by atoms with E-state index in [4.69, 9.17) is 14.5 Å². The monoisotopic (exact) mass is 311 g/mol. The minimum Gasteiger partial charge on any atom is -0.378 e. The van der Waals surface area contributed by atoms with Gasteiger partial charge in [0.15, 0.2) is 5.13 Å². The Morgan fingerprint density at radius 1 is 1.38 bits per heavy atom. The number of ether oxygens (including phenoxy) is 2. The summed E-state index contributed by atoms with van der Waals surface area (Å²) in [5.41, 5.74) is 1.07. The molecule has 0 radical (unpaired) electrons. The molecule has 2 bridgehead atoms. The first kappa shape index (κ1) is 15.2. The van der Waals surface area contributed by atoms with E-state index in [1.54, 1.807) is 18.4 Å². The van der Waals surface area contributed by atoms with Gasteiger partial charge in [0.2, 0.25) is 0 Å². The van der Waals surface area contributed by atoms with E-state index < -0.39 is 0 Å². The van der Waals surface area contributed by atoms with Crippen LogP contribution in [0.1, 0.15) is 37.3 Å². The summed E-state index contributed by atoms with van der Waals surface area (Å²) in [6, 6.07) is 0.477. The molecule has 0 aliphatic carbocycles. The van der Waals surface area contributed by atoms with Crippen LogP contribution in [0.4, 0.5) is 5.13 Å². The predicted octanol–water partition coefficient (Wildman–Crippen LogP) is 2.16. The Kier molecular flexibility index (Phi) is 4.78. The Bertz CT molecular complexity index is 465. The molecule has 1 aromatic heterocycles. The molecule has 0 amide bonds. The number of nitrogens with one attached hydrogen (secondary N) is 1. The van der Waals surface area contributed by atoms with Crippen LogP contribution in [0.5, 0.6) is 0 Å². The number of hydrogen-bond donors (Lipinski definition) is 1. The highest BCUT2D eigenvalue weighted by molar-refractivity contribution is 7.15. The van der Waals surface area contributed by atoms with Crippen molar-refractivity contribution < 1.29 is 9.47 Å². The van der Waals surface area contributed by atoms with Gasteiger partial charge in [0.05, 0.1) is 24.5 Å². The SMILES string of the molecule is COCc1nc(N2CC3CCC(C2)O3)sc1CNC(C)C. The zero-order valence-electron chi connectivity index (χ0n) is 13.1. The van der Waals surface area contributed by atoms with Gasteiger partial charge in [-0.1, -0.05) is 13.8 Å². The lowest BCUT2D eigenvalue weighted by molar-refractivity contribution is 0.0304. The van der Waals surface area contributed by atoms with E-state index in [9.17, 15) is 0 Å². The topological polar surface area (TPSA) is 46.6 Å². The molecule has 6 heteroatoms. The zero-order chi connectivity index (χ0) is 14.8. The maximum absolute atomic E-state index is 5.91. The maximum Gasteiger partial charge on any atom is 0.186 e. The molecule has 2 unspecified atom stereocenters. The minimum atomic E-state index is 0.399. The molecule has 0 spiro atoms. The van der Waals surface area contributed by atoms with Gasteiger partial charge in [-0.3, -0.25) is 0 Å². The predicted molar refractivity (Wildman–Crippen MR) is 84.9 cm³/mol. The first-order valence-corrected chi connectivity index (χ1v) is 8.58. The number of aromatic nitrogens is 1. The second-order valence-electron chi connectivity index (χ2n) is 6.20. The lowest BCUT2D eigenvalue weighted by atomic mass is 10.2. The number of thiazole rings is 1. The summed E-state index contributed by atoms with van der Waals surface area (Å²) >= 11 is 1.80. The van der Waals surface area contributed by atoms with Gasteiger partial charge >= 0.3 is 0 Å². The normalized spacial score (nSPS) is 25.0. The molecular formula is C15H25N3O2S. The molecule has 1 N–H and O–H groups in total. The van der Waals surface area contributed by atoms with Gasteiger partial charge in [0.1, 0.15) is 0 Å². The van der Waals surface area contributed by atoms with E-state index >= 15 is 0 Å². The van der Waals surface area contributed by atoms with Gasteiger partial charge in [0, 0.05) is 37.7 Å². The Balaban J connectivity index is 1.74. The lowest BCUT2D eigenvalue weighted by Crippen LogP contribution is -2.42. The molecule has 3 heterocycles. The van der Waals surface area contributed by atoms with Gasteiger partial charge in [0.25, 0.3) is 0 Å². The quantitative estimate of drug-likeness (QED) is 0.872. The van der Waals surface area contributed by atoms with E-state index in [-0.39, 0.29) is 0 Å². The second-order valence-corrected chi connectivity index (χ2v) is 7.26. The molecule has 21 heavy (non-hydrogen) atoms. The van der Waals surface area contributed by atoms with Gasteiger partial charge in [-0.05, 0) is 12.8 Å². The van der Waals surface area contributed by atoms with Crippen LogP contribution >= 0.6 is 11.3 Å². The summed E-state index contributed by atoms with van der Waals surface area (Å²) in [6.45, 7) is 7.74. The highest BCUT2D eigenvalue weighted by Crippen LogP contribution is 2.33. The number of methoxy groups -OCH3 is 1. The van der Waals surface area contributed by atoms with Gasteiger partial charge in [-0.15, -0.1) is 11.3 Å². The Morgan fingerprint density at radius 2 is 2.10 bits per heavy atom. The molecule has 5 nitrogen and oxygen atoms in total. The second kappa shape index (κ2) is 6.60. The lowest BCUT2D eigenvalue weighted by Gasteiger charge is -2.31. The summed E-state index contributed by atoms with van der Waals surface area (Å²) in [6.07, 6.45) is 3.19. The molecule has 2 fully saturated rings. The largest absolute Gasteiger partial charge is 0.378 e. The molecule has 0 saturated carbocycles. The summed E-state index contributed by atoms with van der Waals surface area (Å²) in [4.78, 5) is 8.51. The molecule has 2 aliphatic rings. The van der Waals surface area contributed by atoms with Crippen LogP contribution in [0, 0.1) is 0 Å². The Labute approximate surface area is 130 Å². The molecule has 3 rings (SSSR count). The third-order valence-electron chi connectivity index (χ3n) is 4.03. The van der Waals surface area contributed by atoms with Crippen LogP contribution in [0.3, 0.4) is 0 Å². The number of anilines is 1. The molecule has 2 aliphatic heterocycles. The highest BCUT2D eigenvalue weighted by Gasteiger charge is 2.35. The Hall–Kier alpha value is -0.690. The maximum atomic E-state index is 5.91. The van der Waals surface area contributed by atoms with Gasteiger partial charge < -0.3 is 19.7 Å². The van der Waals surface area contributed by atoms with E-state index in [1.165, 1.54) is 17.7 Å². The summed E-state index contributed by atoms with van der Waals surface area (Å²) < 4.78 is 11.2. The molecule has 2 atom stereocenters. The van der Waals surface area contributed by atoms with Crippen LogP contribution in [-0.4, -0.2) is 43.4 Å².